The molecular formula is C11H11F2N3O2. The highest BCUT2D eigenvalue weighted by atomic mass is 19.1. The molecule has 0 aliphatic heterocycles. The number of fused-ring (bicyclic) bond motifs is 1. The van der Waals surface area contributed by atoms with Crippen LogP contribution < -0.4 is 5.73 Å². The molecule has 0 bridgehead atoms. The predicted molar refractivity (Wildman–Crippen MR) is 60.7 cm³/mol. The molecular weight excluding hydrogens is 244 g/mol. The van der Waals surface area contributed by atoms with Gasteiger partial charge in [0.25, 0.3) is 0 Å². The number of rotatable bonds is 3. The number of halogens is 2. The molecule has 0 aliphatic rings. The van der Waals surface area contributed by atoms with Crippen molar-refractivity contribution in [3.63, 3.8) is 0 Å². The Morgan fingerprint density at radius 1 is 1.50 bits per heavy atom. The first kappa shape index (κ1) is 12.3. The molecule has 1 aromatic heterocycles. The Morgan fingerprint density at radius 2 is 2.22 bits per heavy atom. The molecule has 0 saturated heterocycles. The lowest BCUT2D eigenvalue weighted by atomic mass is 10.3. The monoisotopic (exact) mass is 255 g/mol. The molecule has 1 heterocycles. The molecule has 0 unspecified atom stereocenters. The number of carbonyl (C=O) groups excluding carboxylic acids is 1. The average molecular weight is 255 g/mol. The zero-order chi connectivity index (χ0) is 13.3. The summed E-state index contributed by atoms with van der Waals surface area (Å²) >= 11 is 0. The zero-order valence-corrected chi connectivity index (χ0v) is 9.61. The maximum atomic E-state index is 13.4. The Hall–Kier alpha value is -2.18. The molecule has 2 rings (SSSR count). The highest BCUT2D eigenvalue weighted by Crippen LogP contribution is 2.22. The number of benzene rings is 1. The van der Waals surface area contributed by atoms with E-state index in [0.717, 1.165) is 12.1 Å². The topological polar surface area (TPSA) is 70.1 Å². The number of methoxy groups -OCH3 is 1. The van der Waals surface area contributed by atoms with Crippen LogP contribution in [0.4, 0.5) is 14.7 Å². The standard InChI is InChI=1S/C11H11F2N3O2/c1-18-9(17)2-3-16-8-5-6(12)4-7(13)10(8)15-11(16)14/h4-5H,2-3H2,1H3,(H2,14,15). The van der Waals surface area contributed by atoms with Crippen LogP contribution in [0.15, 0.2) is 12.1 Å². The van der Waals surface area contributed by atoms with Crippen LogP contribution in [0.1, 0.15) is 6.42 Å². The molecule has 18 heavy (non-hydrogen) atoms. The van der Waals surface area contributed by atoms with Gasteiger partial charge in [-0.2, -0.15) is 0 Å². The van der Waals surface area contributed by atoms with E-state index in [1.165, 1.54) is 11.7 Å². The molecule has 5 nitrogen and oxygen atoms in total. The molecule has 0 saturated carbocycles. The van der Waals surface area contributed by atoms with Crippen LogP contribution in [0.2, 0.25) is 0 Å². The molecule has 1 aromatic carbocycles. The van der Waals surface area contributed by atoms with E-state index in [9.17, 15) is 13.6 Å². The normalized spacial score (nSPS) is 10.8. The molecule has 0 atom stereocenters. The summed E-state index contributed by atoms with van der Waals surface area (Å²) in [5.41, 5.74) is 5.81. The second-order valence-corrected chi connectivity index (χ2v) is 3.70. The molecule has 0 fully saturated rings. The van der Waals surface area contributed by atoms with Gasteiger partial charge in [-0.25, -0.2) is 13.8 Å². The maximum Gasteiger partial charge on any atom is 0.307 e. The molecule has 0 aliphatic carbocycles. The van der Waals surface area contributed by atoms with Gasteiger partial charge in [-0.3, -0.25) is 4.79 Å². The van der Waals surface area contributed by atoms with E-state index in [-0.39, 0.29) is 29.9 Å². The van der Waals surface area contributed by atoms with Crippen LogP contribution in [0.3, 0.4) is 0 Å². The van der Waals surface area contributed by atoms with E-state index in [2.05, 4.69) is 9.72 Å². The van der Waals surface area contributed by atoms with Crippen molar-refractivity contribution in [1.29, 1.82) is 0 Å². The lowest BCUT2D eigenvalue weighted by molar-refractivity contribution is -0.140. The summed E-state index contributed by atoms with van der Waals surface area (Å²) in [7, 11) is 1.26. The van der Waals surface area contributed by atoms with Crippen molar-refractivity contribution in [2.75, 3.05) is 12.8 Å². The average Bonchev–Trinajstić information content (AvgIpc) is 2.63. The second-order valence-electron chi connectivity index (χ2n) is 3.70. The number of ether oxygens (including phenoxy) is 1. The Kier molecular flexibility index (Phi) is 3.14. The van der Waals surface area contributed by atoms with E-state index in [1.807, 2.05) is 0 Å². The molecule has 2 N–H and O–H groups in total. The van der Waals surface area contributed by atoms with Crippen LogP contribution in [-0.2, 0) is 16.1 Å². The molecule has 96 valence electrons. The van der Waals surface area contributed by atoms with Gasteiger partial charge >= 0.3 is 5.97 Å². The smallest absolute Gasteiger partial charge is 0.307 e. The number of aryl methyl sites for hydroxylation is 1. The summed E-state index contributed by atoms with van der Waals surface area (Å²) in [5, 5.41) is 0. The van der Waals surface area contributed by atoms with Gasteiger partial charge in [0.1, 0.15) is 11.3 Å². The van der Waals surface area contributed by atoms with Gasteiger partial charge in [0.15, 0.2) is 5.82 Å². The number of nitrogens with two attached hydrogens (primary N) is 1. The molecule has 0 amide bonds. The third kappa shape index (κ3) is 2.11. The van der Waals surface area contributed by atoms with Gasteiger partial charge in [-0.1, -0.05) is 0 Å². The van der Waals surface area contributed by atoms with Gasteiger partial charge in [-0.05, 0) is 0 Å². The van der Waals surface area contributed by atoms with E-state index in [4.69, 9.17) is 5.73 Å². The quantitative estimate of drug-likeness (QED) is 0.843. The first-order valence-corrected chi connectivity index (χ1v) is 5.20. The van der Waals surface area contributed by atoms with Crippen LogP contribution in [0.25, 0.3) is 11.0 Å². The van der Waals surface area contributed by atoms with Gasteiger partial charge in [0.2, 0.25) is 5.95 Å². The maximum absolute atomic E-state index is 13.4. The van der Waals surface area contributed by atoms with Crippen molar-refractivity contribution in [1.82, 2.24) is 9.55 Å². The lowest BCUT2D eigenvalue weighted by Gasteiger charge is -2.05. The number of hydrogen-bond acceptors (Lipinski definition) is 4. The van der Waals surface area contributed by atoms with Gasteiger partial charge in [-0.15, -0.1) is 0 Å². The van der Waals surface area contributed by atoms with Crippen LogP contribution >= 0.6 is 0 Å². The van der Waals surface area contributed by atoms with Crippen LogP contribution in [0, 0.1) is 11.6 Å². The highest BCUT2D eigenvalue weighted by Gasteiger charge is 2.14. The molecule has 0 spiro atoms. The number of aromatic nitrogens is 2. The minimum atomic E-state index is -0.784. The summed E-state index contributed by atoms with van der Waals surface area (Å²) in [6, 6.07) is 1.86. The fourth-order valence-electron chi connectivity index (χ4n) is 1.71. The summed E-state index contributed by atoms with van der Waals surface area (Å²) in [6.45, 7) is 0.151. The van der Waals surface area contributed by atoms with Crippen LogP contribution in [-0.4, -0.2) is 22.6 Å². The van der Waals surface area contributed by atoms with Gasteiger partial charge in [0, 0.05) is 18.7 Å². The number of imidazole rings is 1. The molecule has 0 radical (unpaired) electrons. The number of carbonyl (C=O) groups is 1. The summed E-state index contributed by atoms with van der Waals surface area (Å²) in [4.78, 5) is 14.8. The van der Waals surface area contributed by atoms with Crippen molar-refractivity contribution in [2.24, 2.45) is 0 Å². The first-order chi connectivity index (χ1) is 8.52. The highest BCUT2D eigenvalue weighted by molar-refractivity contribution is 5.79. The lowest BCUT2D eigenvalue weighted by Crippen LogP contribution is -2.09. The molecule has 2 aromatic rings. The number of hydrogen-bond donors (Lipinski definition) is 1. The van der Waals surface area contributed by atoms with Crippen molar-refractivity contribution >= 4 is 23.0 Å². The van der Waals surface area contributed by atoms with Crippen LogP contribution in [0.5, 0.6) is 0 Å². The minimum Gasteiger partial charge on any atom is -0.469 e. The number of esters is 1. The van der Waals surface area contributed by atoms with E-state index < -0.39 is 17.6 Å². The number of anilines is 1. The Labute approximate surface area is 101 Å². The van der Waals surface area contributed by atoms with Crippen molar-refractivity contribution < 1.29 is 18.3 Å². The zero-order valence-electron chi connectivity index (χ0n) is 9.61. The Balaban J connectivity index is 2.43. The third-order valence-electron chi connectivity index (χ3n) is 2.57. The molecule has 7 heteroatoms. The Bertz CT molecular complexity index is 610. The second kappa shape index (κ2) is 4.59. The van der Waals surface area contributed by atoms with Crippen molar-refractivity contribution in [2.45, 2.75) is 13.0 Å². The SMILES string of the molecule is COC(=O)CCn1c(N)nc2c(F)cc(F)cc21. The van der Waals surface area contributed by atoms with E-state index in [1.54, 1.807) is 0 Å². The minimum absolute atomic E-state index is 0.0150. The third-order valence-corrected chi connectivity index (χ3v) is 2.57. The number of nitrogens with zero attached hydrogens (tertiary/aromatic N) is 2. The number of nitrogen functional groups attached to an aromatic ring is 1. The van der Waals surface area contributed by atoms with Gasteiger partial charge in [0.05, 0.1) is 19.0 Å². The van der Waals surface area contributed by atoms with Crippen molar-refractivity contribution in [3.8, 4) is 0 Å². The summed E-state index contributed by atoms with van der Waals surface area (Å²) in [6.07, 6.45) is 0.0459. The fraction of sp³-hybridized carbons (Fsp3) is 0.273. The summed E-state index contributed by atoms with van der Waals surface area (Å²) in [5.74, 6) is -1.92. The predicted octanol–water partition coefficient (Wildman–Crippen LogP) is 1.46. The van der Waals surface area contributed by atoms with Crippen molar-refractivity contribution in [3.05, 3.63) is 23.8 Å². The summed E-state index contributed by atoms with van der Waals surface area (Å²) < 4.78 is 32.4. The fourth-order valence-corrected chi connectivity index (χ4v) is 1.71. The Morgan fingerprint density at radius 3 is 2.89 bits per heavy atom. The van der Waals surface area contributed by atoms with E-state index >= 15 is 0 Å². The largest absolute Gasteiger partial charge is 0.469 e. The van der Waals surface area contributed by atoms with Gasteiger partial charge < -0.3 is 15.0 Å². The van der Waals surface area contributed by atoms with E-state index in [0.29, 0.717) is 0 Å². The first-order valence-electron chi connectivity index (χ1n) is 5.20.